The zero-order chi connectivity index (χ0) is 30.6. The number of hydrazone groups is 1. The summed E-state index contributed by atoms with van der Waals surface area (Å²) in [5, 5.41) is 24.2. The standard InChI is InChI=1S/C18H18N4O2S.C18H15P.Pd/c1-24-15-7-8-16-12(10-15)9-13(17(23)21-16)11-19-22-18(25)20-14-5-3-2-4-6-14;1-4-10-16(11-5-1)19(17-12-6-2-7-13-17)18-14-8-3-9-15-18;/h2-11,18,20,22,25H,1H3,(H,21,23);1-15H;/q;;+2/p-2/b19-11+;;. The van der Waals surface area contributed by atoms with Gasteiger partial charge in [-0.1, -0.05) is 109 Å². The Bertz CT molecular complexity index is 1690. The van der Waals surface area contributed by atoms with Gasteiger partial charge in [0.25, 0.3) is 0 Å². The van der Waals surface area contributed by atoms with Gasteiger partial charge < -0.3 is 33.2 Å². The van der Waals surface area contributed by atoms with Crippen LogP contribution in [-0.4, -0.2) is 23.8 Å². The van der Waals surface area contributed by atoms with Crippen LogP contribution in [-0.2, 0) is 33.1 Å². The zero-order valence-corrected chi connectivity index (χ0v) is 27.7. The minimum absolute atomic E-state index is 0. The van der Waals surface area contributed by atoms with Crippen LogP contribution in [0.1, 0.15) is 5.56 Å². The predicted molar refractivity (Wildman–Crippen MR) is 185 cm³/mol. The normalized spacial score (nSPS) is 11.3. The van der Waals surface area contributed by atoms with E-state index in [0.717, 1.165) is 11.1 Å². The van der Waals surface area contributed by atoms with Gasteiger partial charge in [0.1, 0.15) is 5.75 Å². The van der Waals surface area contributed by atoms with E-state index in [1.165, 1.54) is 22.1 Å². The molecular weight excluding hydrogens is 690 g/mol. The molecule has 0 amide bonds. The molecule has 5 aromatic carbocycles. The maximum atomic E-state index is 12.1. The molecule has 1 heterocycles. The number of para-hydroxylation sites is 1. The van der Waals surface area contributed by atoms with Crippen molar-refractivity contribution in [3.8, 4) is 11.6 Å². The minimum Gasteiger partial charge on any atom is -0.858 e. The summed E-state index contributed by atoms with van der Waals surface area (Å²) in [5.41, 5.74) is 4.12. The van der Waals surface area contributed by atoms with E-state index in [1.54, 1.807) is 25.3 Å². The topological polar surface area (TPSA) is 81.6 Å². The van der Waals surface area contributed by atoms with Gasteiger partial charge >= 0.3 is 20.4 Å². The van der Waals surface area contributed by atoms with E-state index in [4.69, 9.17) is 17.4 Å². The molecule has 6 aromatic rings. The maximum absolute atomic E-state index is 12.1. The summed E-state index contributed by atoms with van der Waals surface area (Å²) in [4.78, 5) is 4.04. The Labute approximate surface area is 284 Å². The average molecular weight is 721 g/mol. The first kappa shape index (κ1) is 33.7. The van der Waals surface area contributed by atoms with Crippen molar-refractivity contribution in [1.29, 1.82) is 0 Å². The third kappa shape index (κ3) is 9.65. The van der Waals surface area contributed by atoms with E-state index in [2.05, 4.69) is 112 Å². The van der Waals surface area contributed by atoms with Crippen molar-refractivity contribution in [3.05, 3.63) is 151 Å². The third-order valence-electron chi connectivity index (χ3n) is 6.52. The Morgan fingerprint density at radius 1 is 0.756 bits per heavy atom. The molecule has 0 saturated carbocycles. The molecule has 6 rings (SSSR count). The van der Waals surface area contributed by atoms with E-state index < -0.39 is 13.4 Å². The van der Waals surface area contributed by atoms with Gasteiger partial charge in [0, 0.05) is 16.6 Å². The SMILES string of the molecule is COc1ccc2nc([O-])c(/C=N/NC([S-])Nc3ccccc3)cc2c1.[Pd+2].c1ccc(P(c2ccccc2)c2ccccc2)cc1. The molecule has 0 saturated heterocycles. The fourth-order valence-electron chi connectivity index (χ4n) is 4.44. The number of ether oxygens (including phenoxy) is 1. The van der Waals surface area contributed by atoms with Crippen molar-refractivity contribution in [1.82, 2.24) is 10.4 Å². The van der Waals surface area contributed by atoms with Crippen LogP contribution in [0.4, 0.5) is 5.69 Å². The average Bonchev–Trinajstić information content (AvgIpc) is 3.07. The van der Waals surface area contributed by atoms with E-state index >= 15 is 0 Å². The number of fused-ring (bicyclic) bond motifs is 1. The second kappa shape index (κ2) is 17.3. The number of nitrogens with one attached hydrogen (secondary N) is 2. The van der Waals surface area contributed by atoms with Gasteiger partial charge in [-0.05, 0) is 71.6 Å². The van der Waals surface area contributed by atoms with Gasteiger partial charge in [0.15, 0.2) is 0 Å². The Balaban J connectivity index is 0.000000207. The molecule has 0 aliphatic heterocycles. The predicted octanol–water partition coefficient (Wildman–Crippen LogP) is 5.63. The molecule has 0 aliphatic carbocycles. The smallest absolute Gasteiger partial charge is 0.858 e. The van der Waals surface area contributed by atoms with Crippen molar-refractivity contribution < 1.29 is 30.3 Å². The van der Waals surface area contributed by atoms with Gasteiger partial charge in [0.2, 0.25) is 0 Å². The first-order valence-corrected chi connectivity index (χ1v) is 15.8. The van der Waals surface area contributed by atoms with Crippen LogP contribution >= 0.6 is 7.92 Å². The van der Waals surface area contributed by atoms with Gasteiger partial charge in [-0.25, -0.2) is 0 Å². The fraction of sp³-hybridized carbons (Fsp3) is 0.0556. The Kier molecular flexibility index (Phi) is 13.0. The van der Waals surface area contributed by atoms with Crippen molar-refractivity contribution in [2.24, 2.45) is 5.10 Å². The number of pyridine rings is 1. The second-order valence-corrected chi connectivity index (χ2v) is 12.3. The molecule has 0 radical (unpaired) electrons. The second-order valence-electron chi connectivity index (χ2n) is 9.56. The number of methoxy groups -OCH3 is 1. The summed E-state index contributed by atoms with van der Waals surface area (Å²) < 4.78 is 5.19. The summed E-state index contributed by atoms with van der Waals surface area (Å²) in [5.74, 6) is 0.354. The zero-order valence-electron chi connectivity index (χ0n) is 24.4. The van der Waals surface area contributed by atoms with Gasteiger partial charge in [-0.15, -0.1) is 0 Å². The third-order valence-corrected chi connectivity index (χ3v) is 9.19. The van der Waals surface area contributed by atoms with E-state index in [0.29, 0.717) is 16.8 Å². The van der Waals surface area contributed by atoms with Gasteiger partial charge in [-0.2, -0.15) is 5.10 Å². The Hall–Kier alpha value is -4.18. The molecular formula is C36H31N4O2PPdS. The van der Waals surface area contributed by atoms with Crippen molar-refractivity contribution in [2.45, 2.75) is 5.50 Å². The molecule has 0 bridgehead atoms. The van der Waals surface area contributed by atoms with Crippen LogP contribution in [0.15, 0.2) is 151 Å². The van der Waals surface area contributed by atoms with Crippen molar-refractivity contribution in [3.63, 3.8) is 0 Å². The first-order chi connectivity index (χ1) is 21.6. The molecule has 1 aromatic heterocycles. The molecule has 0 fully saturated rings. The molecule has 1 unspecified atom stereocenters. The van der Waals surface area contributed by atoms with E-state index in [1.807, 2.05) is 36.4 Å². The molecule has 2 N–H and O–H groups in total. The van der Waals surface area contributed by atoms with Crippen LogP contribution in [0.2, 0.25) is 0 Å². The first-order valence-electron chi connectivity index (χ1n) is 14.0. The molecule has 45 heavy (non-hydrogen) atoms. The van der Waals surface area contributed by atoms with Crippen molar-refractivity contribution >= 4 is 59.3 Å². The molecule has 0 spiro atoms. The molecule has 228 valence electrons. The van der Waals surface area contributed by atoms with E-state index in [9.17, 15) is 5.11 Å². The molecule has 6 nitrogen and oxygen atoms in total. The maximum Gasteiger partial charge on any atom is 2.00 e. The number of aromatic nitrogens is 1. The van der Waals surface area contributed by atoms with Crippen LogP contribution in [0.5, 0.6) is 11.6 Å². The van der Waals surface area contributed by atoms with Crippen molar-refractivity contribution in [2.75, 3.05) is 12.4 Å². The summed E-state index contributed by atoms with van der Waals surface area (Å²) in [6, 6.07) is 48.9. The fourth-order valence-corrected chi connectivity index (χ4v) is 6.95. The molecule has 9 heteroatoms. The van der Waals surface area contributed by atoms with Crippen LogP contribution < -0.4 is 36.5 Å². The number of hydrogen-bond donors (Lipinski definition) is 2. The molecule has 0 aliphatic rings. The monoisotopic (exact) mass is 720 g/mol. The van der Waals surface area contributed by atoms with E-state index in [-0.39, 0.29) is 26.3 Å². The van der Waals surface area contributed by atoms with Gasteiger partial charge in [0.05, 0.1) is 18.8 Å². The quantitative estimate of drug-likeness (QED) is 0.0504. The largest absolute Gasteiger partial charge is 2.00 e. The summed E-state index contributed by atoms with van der Waals surface area (Å²) in [6.07, 6.45) is 1.42. The summed E-state index contributed by atoms with van der Waals surface area (Å²) in [7, 11) is 1.14. The number of anilines is 1. The molecule has 1 atom stereocenters. The number of rotatable bonds is 9. The minimum atomic E-state index is -0.512. The number of hydrogen-bond acceptors (Lipinski definition) is 7. The number of benzene rings is 5. The van der Waals surface area contributed by atoms with Crippen LogP contribution in [0.3, 0.4) is 0 Å². The van der Waals surface area contributed by atoms with Crippen LogP contribution in [0, 0.1) is 0 Å². The van der Waals surface area contributed by atoms with Crippen LogP contribution in [0.25, 0.3) is 10.9 Å². The Morgan fingerprint density at radius 2 is 1.27 bits per heavy atom. The Morgan fingerprint density at radius 3 is 1.78 bits per heavy atom. The summed E-state index contributed by atoms with van der Waals surface area (Å²) >= 11 is 5.23. The number of nitrogens with zero attached hydrogens (tertiary/aromatic N) is 2. The van der Waals surface area contributed by atoms with Gasteiger partial charge in [-0.3, -0.25) is 4.98 Å². The summed E-state index contributed by atoms with van der Waals surface area (Å²) in [6.45, 7) is 0.